The van der Waals surface area contributed by atoms with E-state index in [2.05, 4.69) is 15.5 Å². The highest BCUT2D eigenvalue weighted by Gasteiger charge is 2.25. The molecule has 3 aromatic rings. The van der Waals surface area contributed by atoms with Crippen LogP contribution in [0.1, 0.15) is 41.4 Å². The number of nitrogens with one attached hydrogen (secondary N) is 2. The summed E-state index contributed by atoms with van der Waals surface area (Å²) in [4.78, 5) is 27.6. The van der Waals surface area contributed by atoms with E-state index in [4.69, 9.17) is 9.15 Å². The first kappa shape index (κ1) is 23.5. The molecule has 2 amide bonds. The molecule has 2 aromatic carbocycles. The molecule has 1 aliphatic heterocycles. The van der Waals surface area contributed by atoms with Crippen LogP contribution in [0, 0.1) is 5.82 Å². The third kappa shape index (κ3) is 6.02. The lowest BCUT2D eigenvalue weighted by Gasteiger charge is -2.33. The van der Waals surface area contributed by atoms with Gasteiger partial charge in [0.25, 0.3) is 11.8 Å². The molecule has 0 bridgehead atoms. The SMILES string of the molecule is O=C(COc1ccccc1C(=O)NCC(c1ccco1)N1CCCCC1)Nc1ccccc1F. The largest absolute Gasteiger partial charge is 0.483 e. The molecule has 0 spiro atoms. The van der Waals surface area contributed by atoms with Crippen LogP contribution in [0.3, 0.4) is 0 Å². The zero-order valence-electron chi connectivity index (χ0n) is 18.8. The number of carbonyl (C=O) groups excluding carboxylic acids is 2. The van der Waals surface area contributed by atoms with Gasteiger partial charge in [0.2, 0.25) is 0 Å². The molecule has 178 valence electrons. The van der Waals surface area contributed by atoms with Crippen LogP contribution in [0.4, 0.5) is 10.1 Å². The van der Waals surface area contributed by atoms with Gasteiger partial charge >= 0.3 is 0 Å². The van der Waals surface area contributed by atoms with Crippen molar-refractivity contribution in [3.8, 4) is 5.75 Å². The number of ether oxygens (including phenoxy) is 1. The van der Waals surface area contributed by atoms with E-state index in [0.29, 0.717) is 12.1 Å². The molecular formula is C26H28FN3O4. The van der Waals surface area contributed by atoms with E-state index in [-0.39, 0.29) is 30.0 Å². The van der Waals surface area contributed by atoms with Crippen molar-refractivity contribution < 1.29 is 23.1 Å². The molecule has 1 aliphatic rings. The molecule has 1 atom stereocenters. The summed E-state index contributed by atoms with van der Waals surface area (Å²) < 4.78 is 25.0. The molecule has 0 aliphatic carbocycles. The Morgan fingerprint density at radius 1 is 1.00 bits per heavy atom. The molecule has 8 heteroatoms. The van der Waals surface area contributed by atoms with E-state index in [1.54, 1.807) is 36.6 Å². The minimum atomic E-state index is -0.532. The second-order valence-electron chi connectivity index (χ2n) is 8.15. The van der Waals surface area contributed by atoms with Gasteiger partial charge in [0.05, 0.1) is 23.6 Å². The number of furan rings is 1. The van der Waals surface area contributed by atoms with E-state index in [1.165, 1.54) is 24.6 Å². The Balaban J connectivity index is 1.37. The number of anilines is 1. The van der Waals surface area contributed by atoms with Crippen LogP contribution in [-0.2, 0) is 4.79 Å². The second-order valence-corrected chi connectivity index (χ2v) is 8.15. The van der Waals surface area contributed by atoms with E-state index in [1.807, 2.05) is 12.1 Å². The first-order valence-electron chi connectivity index (χ1n) is 11.4. The number of amides is 2. The van der Waals surface area contributed by atoms with Gasteiger partial charge in [-0.1, -0.05) is 30.7 Å². The summed E-state index contributed by atoms with van der Waals surface area (Å²) in [7, 11) is 0. The molecule has 1 unspecified atom stereocenters. The number of likely N-dealkylation sites (tertiary alicyclic amines) is 1. The Kier molecular flexibility index (Phi) is 7.93. The molecule has 0 saturated carbocycles. The van der Waals surface area contributed by atoms with Crippen LogP contribution in [0.25, 0.3) is 0 Å². The number of piperidine rings is 1. The molecule has 1 aromatic heterocycles. The molecule has 2 N–H and O–H groups in total. The van der Waals surface area contributed by atoms with Crippen molar-refractivity contribution in [3.63, 3.8) is 0 Å². The van der Waals surface area contributed by atoms with Crippen molar-refractivity contribution >= 4 is 17.5 Å². The Hall–Kier alpha value is -3.65. The molecule has 1 saturated heterocycles. The lowest BCUT2D eigenvalue weighted by Crippen LogP contribution is -2.40. The fourth-order valence-corrected chi connectivity index (χ4v) is 4.08. The summed E-state index contributed by atoms with van der Waals surface area (Å²) in [5, 5.41) is 5.45. The Labute approximate surface area is 197 Å². The summed E-state index contributed by atoms with van der Waals surface area (Å²) in [6.45, 7) is 1.94. The third-order valence-corrected chi connectivity index (χ3v) is 5.80. The zero-order chi connectivity index (χ0) is 23.8. The van der Waals surface area contributed by atoms with Crippen LogP contribution >= 0.6 is 0 Å². The molecule has 2 heterocycles. The molecule has 1 fully saturated rings. The van der Waals surface area contributed by atoms with Crippen LogP contribution in [0.15, 0.2) is 71.3 Å². The number of nitrogens with zero attached hydrogens (tertiary/aromatic N) is 1. The smallest absolute Gasteiger partial charge is 0.262 e. The minimum Gasteiger partial charge on any atom is -0.483 e. The van der Waals surface area contributed by atoms with Gasteiger partial charge in [0, 0.05) is 6.54 Å². The number of para-hydroxylation sites is 2. The van der Waals surface area contributed by atoms with Gasteiger partial charge in [-0.15, -0.1) is 0 Å². The number of halogens is 1. The Morgan fingerprint density at radius 3 is 2.53 bits per heavy atom. The predicted octanol–water partition coefficient (Wildman–Crippen LogP) is 4.39. The van der Waals surface area contributed by atoms with Gasteiger partial charge < -0.3 is 19.8 Å². The number of rotatable bonds is 9. The van der Waals surface area contributed by atoms with Crippen LogP contribution < -0.4 is 15.4 Å². The quantitative estimate of drug-likeness (QED) is 0.490. The van der Waals surface area contributed by atoms with Crippen LogP contribution in [0.5, 0.6) is 5.75 Å². The third-order valence-electron chi connectivity index (χ3n) is 5.80. The summed E-state index contributed by atoms with van der Waals surface area (Å²) in [5.41, 5.74) is 0.391. The average molecular weight is 466 g/mol. The summed E-state index contributed by atoms with van der Waals surface area (Å²) >= 11 is 0. The van der Waals surface area contributed by atoms with Gasteiger partial charge in [-0.3, -0.25) is 14.5 Å². The lowest BCUT2D eigenvalue weighted by molar-refractivity contribution is -0.118. The normalized spacial score (nSPS) is 14.9. The van der Waals surface area contributed by atoms with Crippen molar-refractivity contribution in [1.29, 1.82) is 0 Å². The maximum Gasteiger partial charge on any atom is 0.262 e. The van der Waals surface area contributed by atoms with Gasteiger partial charge in [-0.2, -0.15) is 0 Å². The van der Waals surface area contributed by atoms with Gasteiger partial charge in [0.1, 0.15) is 17.3 Å². The highest BCUT2D eigenvalue weighted by atomic mass is 19.1. The zero-order valence-corrected chi connectivity index (χ0v) is 18.8. The summed E-state index contributed by atoms with van der Waals surface area (Å²) in [6.07, 6.45) is 5.10. The van der Waals surface area contributed by atoms with Crippen molar-refractivity contribution in [1.82, 2.24) is 10.2 Å². The van der Waals surface area contributed by atoms with Crippen LogP contribution in [0.2, 0.25) is 0 Å². The first-order chi connectivity index (χ1) is 16.6. The van der Waals surface area contributed by atoms with Crippen molar-refractivity contribution in [2.45, 2.75) is 25.3 Å². The first-order valence-corrected chi connectivity index (χ1v) is 11.4. The van der Waals surface area contributed by atoms with Gasteiger partial charge in [-0.25, -0.2) is 4.39 Å². The number of benzene rings is 2. The standard InChI is InChI=1S/C26H28FN3O4/c27-20-10-3-4-11-21(20)29-25(31)18-34-23-12-5-2-9-19(23)26(32)28-17-22(24-13-8-16-33-24)30-14-6-1-7-15-30/h2-5,8-13,16,22H,1,6-7,14-15,17-18H2,(H,28,32)(H,29,31). The number of carbonyl (C=O) groups is 2. The van der Waals surface area contributed by atoms with E-state index in [0.717, 1.165) is 31.7 Å². The Bertz CT molecular complexity index is 1100. The van der Waals surface area contributed by atoms with E-state index < -0.39 is 11.7 Å². The maximum atomic E-state index is 13.8. The summed E-state index contributed by atoms with van der Waals surface area (Å²) in [5.74, 6) is -0.273. The fourth-order valence-electron chi connectivity index (χ4n) is 4.08. The molecule has 34 heavy (non-hydrogen) atoms. The predicted molar refractivity (Wildman–Crippen MR) is 126 cm³/mol. The van der Waals surface area contributed by atoms with Crippen LogP contribution in [-0.4, -0.2) is 43.0 Å². The number of hydrogen-bond acceptors (Lipinski definition) is 5. The monoisotopic (exact) mass is 465 g/mol. The lowest BCUT2D eigenvalue weighted by atomic mass is 10.1. The summed E-state index contributed by atoms with van der Waals surface area (Å²) in [6, 6.07) is 16.3. The van der Waals surface area contributed by atoms with Crippen molar-refractivity contribution in [3.05, 3.63) is 84.1 Å². The highest BCUT2D eigenvalue weighted by Crippen LogP contribution is 2.25. The maximum absolute atomic E-state index is 13.8. The van der Waals surface area contributed by atoms with Crippen molar-refractivity contribution in [2.24, 2.45) is 0 Å². The van der Waals surface area contributed by atoms with Gasteiger partial charge in [0.15, 0.2) is 6.61 Å². The molecule has 4 rings (SSSR count). The highest BCUT2D eigenvalue weighted by molar-refractivity contribution is 5.97. The van der Waals surface area contributed by atoms with Gasteiger partial charge in [-0.05, 0) is 62.3 Å². The average Bonchev–Trinajstić information content (AvgIpc) is 3.40. The Morgan fingerprint density at radius 2 is 1.76 bits per heavy atom. The second kappa shape index (κ2) is 11.5. The molecular weight excluding hydrogens is 437 g/mol. The van der Waals surface area contributed by atoms with E-state index in [9.17, 15) is 14.0 Å². The topological polar surface area (TPSA) is 83.8 Å². The molecule has 7 nitrogen and oxygen atoms in total. The molecule has 0 radical (unpaired) electrons. The fraction of sp³-hybridized carbons (Fsp3) is 0.308. The number of hydrogen-bond donors (Lipinski definition) is 2. The van der Waals surface area contributed by atoms with Crippen molar-refractivity contribution in [2.75, 3.05) is 31.6 Å². The van der Waals surface area contributed by atoms with E-state index >= 15 is 0 Å². The minimum absolute atomic E-state index is 0.0566.